The summed E-state index contributed by atoms with van der Waals surface area (Å²) in [7, 11) is 0. The molecular weight excluding hydrogens is 328 g/mol. The first-order valence-electron chi connectivity index (χ1n) is 9.93. The van der Waals surface area contributed by atoms with Gasteiger partial charge in [0.2, 0.25) is 5.91 Å². The fourth-order valence-corrected chi connectivity index (χ4v) is 3.08. The smallest absolute Gasteiger partial charge is 0.335 e. The van der Waals surface area contributed by atoms with Crippen LogP contribution in [0.3, 0.4) is 0 Å². The summed E-state index contributed by atoms with van der Waals surface area (Å²) >= 11 is 0. The lowest BCUT2D eigenvalue weighted by Crippen LogP contribution is -2.23. The first-order chi connectivity index (χ1) is 12.5. The van der Waals surface area contributed by atoms with Crippen LogP contribution in [0.25, 0.3) is 0 Å². The monoisotopic (exact) mass is 362 g/mol. The van der Waals surface area contributed by atoms with Crippen LogP contribution in [0.5, 0.6) is 0 Å². The van der Waals surface area contributed by atoms with E-state index >= 15 is 0 Å². The molecule has 1 atom stereocenters. The largest absolute Gasteiger partial charge is 0.478 e. The predicted octanol–water partition coefficient (Wildman–Crippen LogP) is 5.46. The van der Waals surface area contributed by atoms with Crippen LogP contribution in [0.15, 0.2) is 18.2 Å². The van der Waals surface area contributed by atoms with E-state index in [2.05, 4.69) is 12.2 Å². The number of anilines is 2. The lowest BCUT2D eigenvalue weighted by atomic mass is 9.96. The molecule has 0 aromatic heterocycles. The fraction of sp³-hybridized carbons (Fsp3) is 0.619. The van der Waals surface area contributed by atoms with Gasteiger partial charge in [0.05, 0.1) is 16.9 Å². The molecule has 26 heavy (non-hydrogen) atoms. The Bertz CT molecular complexity index is 572. The lowest BCUT2D eigenvalue weighted by Gasteiger charge is -2.16. The van der Waals surface area contributed by atoms with Gasteiger partial charge < -0.3 is 16.2 Å². The molecule has 1 unspecified atom stereocenters. The zero-order valence-electron chi connectivity index (χ0n) is 16.2. The van der Waals surface area contributed by atoms with E-state index < -0.39 is 5.97 Å². The van der Waals surface area contributed by atoms with Gasteiger partial charge in [-0.05, 0) is 31.0 Å². The summed E-state index contributed by atoms with van der Waals surface area (Å²) in [5.41, 5.74) is 6.74. The average Bonchev–Trinajstić information content (AvgIpc) is 2.62. The van der Waals surface area contributed by atoms with Crippen LogP contribution in [0, 0.1) is 5.92 Å². The number of nitrogens with two attached hydrogens (primary N) is 1. The third-order valence-corrected chi connectivity index (χ3v) is 4.83. The van der Waals surface area contributed by atoms with Gasteiger partial charge in [0.25, 0.3) is 0 Å². The molecule has 5 heteroatoms. The molecule has 1 aromatic carbocycles. The molecule has 0 bridgehead atoms. The van der Waals surface area contributed by atoms with Crippen LogP contribution in [0.4, 0.5) is 11.4 Å². The van der Waals surface area contributed by atoms with Gasteiger partial charge in [0.15, 0.2) is 0 Å². The van der Waals surface area contributed by atoms with Gasteiger partial charge in [0.1, 0.15) is 0 Å². The van der Waals surface area contributed by atoms with Crippen molar-refractivity contribution in [3.63, 3.8) is 0 Å². The predicted molar refractivity (Wildman–Crippen MR) is 107 cm³/mol. The Labute approximate surface area is 157 Å². The average molecular weight is 363 g/mol. The molecule has 0 heterocycles. The molecule has 0 aliphatic rings. The Kier molecular flexibility index (Phi) is 10.4. The van der Waals surface area contributed by atoms with Crippen LogP contribution in [0.2, 0.25) is 0 Å². The van der Waals surface area contributed by atoms with E-state index in [0.717, 1.165) is 25.7 Å². The number of carbonyl (C=O) groups is 2. The van der Waals surface area contributed by atoms with Gasteiger partial charge in [-0.2, -0.15) is 0 Å². The Morgan fingerprint density at radius 3 is 2.23 bits per heavy atom. The highest BCUT2D eigenvalue weighted by molar-refractivity contribution is 5.98. The van der Waals surface area contributed by atoms with E-state index in [1.165, 1.54) is 56.7 Å². The molecule has 0 saturated heterocycles. The SMILES string of the molecule is CCCCCCCCCCC(CC)C(=O)Nc1cc(C(=O)O)ccc1N. The number of carbonyl (C=O) groups excluding carboxylic acids is 1. The topological polar surface area (TPSA) is 92.4 Å². The molecule has 1 rings (SSSR count). The van der Waals surface area contributed by atoms with Gasteiger partial charge >= 0.3 is 5.97 Å². The first-order valence-corrected chi connectivity index (χ1v) is 9.93. The van der Waals surface area contributed by atoms with Gasteiger partial charge in [0, 0.05) is 5.92 Å². The maximum Gasteiger partial charge on any atom is 0.335 e. The van der Waals surface area contributed by atoms with Crippen molar-refractivity contribution in [1.29, 1.82) is 0 Å². The molecule has 0 aliphatic heterocycles. The molecule has 0 saturated carbocycles. The molecule has 4 N–H and O–H groups in total. The molecular formula is C21H34N2O3. The van der Waals surface area contributed by atoms with Crippen LogP contribution in [-0.4, -0.2) is 17.0 Å². The third kappa shape index (κ3) is 7.89. The molecule has 1 aromatic rings. The van der Waals surface area contributed by atoms with Crippen LogP contribution >= 0.6 is 0 Å². The van der Waals surface area contributed by atoms with Gasteiger partial charge in [-0.1, -0.05) is 65.2 Å². The van der Waals surface area contributed by atoms with Crippen molar-refractivity contribution in [3.8, 4) is 0 Å². The van der Waals surface area contributed by atoms with E-state index in [1.807, 2.05) is 6.92 Å². The minimum Gasteiger partial charge on any atom is -0.478 e. The number of rotatable bonds is 13. The maximum absolute atomic E-state index is 12.5. The van der Waals surface area contributed by atoms with Crippen molar-refractivity contribution < 1.29 is 14.7 Å². The van der Waals surface area contributed by atoms with Gasteiger partial charge in [-0.3, -0.25) is 4.79 Å². The molecule has 5 nitrogen and oxygen atoms in total. The first kappa shape index (κ1) is 22.0. The Morgan fingerprint density at radius 1 is 1.04 bits per heavy atom. The molecule has 0 aliphatic carbocycles. The van der Waals surface area contributed by atoms with E-state index in [-0.39, 0.29) is 17.4 Å². The minimum atomic E-state index is -1.04. The van der Waals surface area contributed by atoms with Crippen LogP contribution in [0.1, 0.15) is 88.4 Å². The normalized spacial score (nSPS) is 11.9. The van der Waals surface area contributed by atoms with Crippen molar-refractivity contribution in [1.82, 2.24) is 0 Å². The molecule has 0 fully saturated rings. The fourth-order valence-electron chi connectivity index (χ4n) is 3.08. The molecule has 146 valence electrons. The highest BCUT2D eigenvalue weighted by Gasteiger charge is 2.17. The summed E-state index contributed by atoms with van der Waals surface area (Å²) in [6, 6.07) is 4.36. The quantitative estimate of drug-likeness (QED) is 0.321. The number of nitrogen functional groups attached to an aromatic ring is 1. The number of amides is 1. The molecule has 1 amide bonds. The summed E-state index contributed by atoms with van der Waals surface area (Å²) in [6.45, 7) is 4.23. The van der Waals surface area contributed by atoms with E-state index in [4.69, 9.17) is 10.8 Å². The summed E-state index contributed by atoms with van der Waals surface area (Å²) in [5, 5.41) is 11.9. The van der Waals surface area contributed by atoms with Gasteiger partial charge in [-0.15, -0.1) is 0 Å². The highest BCUT2D eigenvalue weighted by atomic mass is 16.4. The van der Waals surface area contributed by atoms with Crippen LogP contribution < -0.4 is 11.1 Å². The zero-order chi connectivity index (χ0) is 19.4. The second-order valence-corrected chi connectivity index (χ2v) is 6.97. The lowest BCUT2D eigenvalue weighted by molar-refractivity contribution is -0.120. The molecule has 0 spiro atoms. The number of unbranched alkanes of at least 4 members (excludes halogenated alkanes) is 7. The van der Waals surface area contributed by atoms with Crippen molar-refractivity contribution in [3.05, 3.63) is 23.8 Å². The maximum atomic E-state index is 12.5. The summed E-state index contributed by atoms with van der Waals surface area (Å²) in [5.74, 6) is -1.18. The van der Waals surface area contributed by atoms with Crippen molar-refractivity contribution in [2.45, 2.75) is 78.1 Å². The summed E-state index contributed by atoms with van der Waals surface area (Å²) in [4.78, 5) is 23.6. The van der Waals surface area contributed by atoms with Crippen molar-refractivity contribution >= 4 is 23.3 Å². The molecule has 0 radical (unpaired) electrons. The summed E-state index contributed by atoms with van der Waals surface area (Å²) in [6.07, 6.45) is 11.6. The zero-order valence-corrected chi connectivity index (χ0v) is 16.2. The van der Waals surface area contributed by atoms with Crippen LogP contribution in [-0.2, 0) is 4.79 Å². The van der Waals surface area contributed by atoms with E-state index in [9.17, 15) is 9.59 Å². The van der Waals surface area contributed by atoms with Crippen molar-refractivity contribution in [2.75, 3.05) is 11.1 Å². The van der Waals surface area contributed by atoms with Gasteiger partial charge in [-0.25, -0.2) is 4.79 Å². The number of aromatic carboxylic acids is 1. The standard InChI is InChI=1S/C21H34N2O3/c1-3-5-6-7-8-9-10-11-12-16(4-2)20(24)23-19-15-17(21(25)26)13-14-18(19)22/h13-16H,3-12,22H2,1-2H3,(H,23,24)(H,25,26). The Balaban J connectivity index is 2.42. The minimum absolute atomic E-state index is 0.0667. The van der Waals surface area contributed by atoms with E-state index in [1.54, 1.807) is 0 Å². The highest BCUT2D eigenvalue weighted by Crippen LogP contribution is 2.23. The van der Waals surface area contributed by atoms with Crippen molar-refractivity contribution in [2.24, 2.45) is 5.92 Å². The summed E-state index contributed by atoms with van der Waals surface area (Å²) < 4.78 is 0. The third-order valence-electron chi connectivity index (χ3n) is 4.83. The number of benzene rings is 1. The van der Waals surface area contributed by atoms with E-state index in [0.29, 0.717) is 11.4 Å². The number of carboxylic acid groups (broad SMARTS) is 1. The Morgan fingerprint density at radius 2 is 1.65 bits per heavy atom. The second-order valence-electron chi connectivity index (χ2n) is 6.97. The number of hydrogen-bond acceptors (Lipinski definition) is 3. The number of carboxylic acids is 1. The number of hydrogen-bond donors (Lipinski definition) is 3. The number of nitrogens with one attached hydrogen (secondary N) is 1. The second kappa shape index (κ2) is 12.3. The Hall–Kier alpha value is -2.04.